The lowest BCUT2D eigenvalue weighted by Gasteiger charge is -2.25. The summed E-state index contributed by atoms with van der Waals surface area (Å²) in [6.45, 7) is -0.0478. The van der Waals surface area contributed by atoms with Crippen molar-refractivity contribution in [2.75, 3.05) is 32.1 Å². The summed E-state index contributed by atoms with van der Waals surface area (Å²) in [5.74, 6) is -1.15. The quantitative estimate of drug-likeness (QED) is 0.735. The van der Waals surface area contributed by atoms with Gasteiger partial charge in [-0.15, -0.1) is 0 Å². The van der Waals surface area contributed by atoms with E-state index in [0.717, 1.165) is 8.61 Å². The number of benzene rings is 1. The van der Waals surface area contributed by atoms with Crippen molar-refractivity contribution in [2.24, 2.45) is 0 Å². The van der Waals surface area contributed by atoms with E-state index >= 15 is 0 Å². The number of hydrogen-bond acceptors (Lipinski definition) is 4. The highest BCUT2D eigenvalue weighted by atomic mass is 32.2. The predicted molar refractivity (Wildman–Crippen MR) is 73.0 cm³/mol. The summed E-state index contributed by atoms with van der Waals surface area (Å²) in [5, 5.41) is 0. The fourth-order valence-corrected chi connectivity index (χ4v) is 2.64. The van der Waals surface area contributed by atoms with E-state index in [1.54, 1.807) is 6.07 Å². The molecule has 0 aliphatic carbocycles. The molecule has 0 radical (unpaired) electrons. The van der Waals surface area contributed by atoms with Crippen LogP contribution in [0.15, 0.2) is 24.3 Å². The summed E-state index contributed by atoms with van der Waals surface area (Å²) < 4.78 is 44.3. The summed E-state index contributed by atoms with van der Waals surface area (Å²) >= 11 is 0. The number of hydrogen-bond donors (Lipinski definition) is 0. The summed E-state index contributed by atoms with van der Waals surface area (Å²) in [7, 11) is -0.108. The first kappa shape index (κ1) is 16.4. The van der Waals surface area contributed by atoms with Crippen molar-refractivity contribution in [1.29, 1.82) is 0 Å². The van der Waals surface area contributed by atoms with Crippen LogP contribution in [0.3, 0.4) is 0 Å². The van der Waals surface area contributed by atoms with E-state index in [4.69, 9.17) is 0 Å². The first-order valence-electron chi connectivity index (χ1n) is 5.82. The van der Waals surface area contributed by atoms with Crippen molar-refractivity contribution in [3.8, 4) is 0 Å². The first-order chi connectivity index (χ1) is 9.30. The van der Waals surface area contributed by atoms with Crippen molar-refractivity contribution in [3.63, 3.8) is 0 Å². The van der Waals surface area contributed by atoms with Gasteiger partial charge in [0.2, 0.25) is 0 Å². The van der Waals surface area contributed by atoms with Gasteiger partial charge < -0.3 is 4.74 Å². The molecule has 0 aliphatic rings. The molecule has 1 aromatic carbocycles. The smallest absolute Gasteiger partial charge is 0.306 e. The van der Waals surface area contributed by atoms with E-state index < -0.39 is 22.0 Å². The second-order valence-corrected chi connectivity index (χ2v) is 6.14. The number of carbonyl (C=O) groups excluding carboxylic acids is 1. The molecule has 0 saturated carbocycles. The molecule has 0 aromatic heterocycles. The second-order valence-electron chi connectivity index (χ2n) is 4.07. The van der Waals surface area contributed by atoms with Crippen LogP contribution in [-0.4, -0.2) is 46.4 Å². The Morgan fingerprint density at radius 2 is 1.90 bits per heavy atom. The average molecular weight is 304 g/mol. The summed E-state index contributed by atoms with van der Waals surface area (Å²) in [6.07, 6.45) is -0.0721. The zero-order chi connectivity index (χ0) is 15.3. The van der Waals surface area contributed by atoms with Crippen molar-refractivity contribution in [1.82, 2.24) is 4.31 Å². The van der Waals surface area contributed by atoms with Crippen molar-refractivity contribution < 1.29 is 22.3 Å². The maximum absolute atomic E-state index is 13.6. The number of carbonyl (C=O) groups is 1. The highest BCUT2D eigenvalue weighted by Crippen LogP contribution is 2.21. The van der Waals surface area contributed by atoms with Crippen LogP contribution in [0.25, 0.3) is 0 Å². The van der Waals surface area contributed by atoms with Gasteiger partial charge in [0.15, 0.2) is 0 Å². The molecule has 112 valence electrons. The minimum absolute atomic E-state index is 0.0478. The van der Waals surface area contributed by atoms with Gasteiger partial charge in [0.25, 0.3) is 0 Å². The van der Waals surface area contributed by atoms with Crippen molar-refractivity contribution in [2.45, 2.75) is 6.42 Å². The van der Waals surface area contributed by atoms with Gasteiger partial charge in [0.05, 0.1) is 19.2 Å². The van der Waals surface area contributed by atoms with E-state index in [-0.39, 0.29) is 18.7 Å². The number of methoxy groups -OCH3 is 1. The van der Waals surface area contributed by atoms with Gasteiger partial charge >= 0.3 is 16.2 Å². The van der Waals surface area contributed by atoms with Crippen molar-refractivity contribution >= 4 is 21.9 Å². The molecular formula is C12H17FN2O4S. The van der Waals surface area contributed by atoms with Crippen LogP contribution < -0.4 is 4.31 Å². The van der Waals surface area contributed by atoms with E-state index in [1.165, 1.54) is 39.4 Å². The van der Waals surface area contributed by atoms with Crippen molar-refractivity contribution in [3.05, 3.63) is 30.1 Å². The molecule has 0 saturated heterocycles. The first-order valence-corrected chi connectivity index (χ1v) is 7.22. The third-order valence-corrected chi connectivity index (χ3v) is 4.65. The van der Waals surface area contributed by atoms with E-state index in [9.17, 15) is 17.6 Å². The largest absolute Gasteiger partial charge is 0.469 e. The number of ether oxygens (including phenoxy) is 1. The maximum Gasteiger partial charge on any atom is 0.306 e. The van der Waals surface area contributed by atoms with Gasteiger partial charge in [-0.05, 0) is 12.1 Å². The molecule has 0 aliphatic heterocycles. The lowest BCUT2D eigenvalue weighted by molar-refractivity contribution is -0.140. The van der Waals surface area contributed by atoms with Crippen LogP contribution in [0.2, 0.25) is 0 Å². The third-order valence-electron chi connectivity index (χ3n) is 2.79. The Kier molecular flexibility index (Phi) is 5.46. The Bertz CT molecular complexity index is 577. The van der Waals surface area contributed by atoms with E-state index in [0.29, 0.717) is 0 Å². The highest BCUT2D eigenvalue weighted by molar-refractivity contribution is 7.90. The van der Waals surface area contributed by atoms with Crippen LogP contribution >= 0.6 is 0 Å². The third kappa shape index (κ3) is 3.67. The molecule has 1 rings (SSSR count). The summed E-state index contributed by atoms with van der Waals surface area (Å²) in [6, 6.07) is 5.55. The lowest BCUT2D eigenvalue weighted by atomic mass is 10.3. The SMILES string of the molecule is COC(=O)CCN(C)S(=O)(=O)N(C)c1ccccc1F. The fraction of sp³-hybridized carbons (Fsp3) is 0.417. The molecule has 0 fully saturated rings. The molecule has 1 aromatic rings. The number of rotatable bonds is 6. The zero-order valence-corrected chi connectivity index (χ0v) is 12.4. The number of anilines is 1. The Hall–Kier alpha value is -1.67. The van der Waals surface area contributed by atoms with Gasteiger partial charge in [-0.25, -0.2) is 4.39 Å². The van der Waals surface area contributed by atoms with Crippen LogP contribution in [0.5, 0.6) is 0 Å². The normalized spacial score (nSPS) is 11.4. The van der Waals surface area contributed by atoms with Gasteiger partial charge in [-0.1, -0.05) is 12.1 Å². The Labute approximate surface area is 117 Å². The molecule has 20 heavy (non-hydrogen) atoms. The molecule has 0 unspecified atom stereocenters. The van der Waals surface area contributed by atoms with Gasteiger partial charge in [0, 0.05) is 20.6 Å². The van der Waals surface area contributed by atoms with E-state index in [1.807, 2.05) is 0 Å². The lowest BCUT2D eigenvalue weighted by Crippen LogP contribution is -2.41. The second kappa shape index (κ2) is 6.67. The summed E-state index contributed by atoms with van der Waals surface area (Å²) in [5.41, 5.74) is -0.0579. The molecule has 8 heteroatoms. The number of esters is 1. The van der Waals surface area contributed by atoms with Crippen LogP contribution in [-0.2, 0) is 19.7 Å². The molecular weight excluding hydrogens is 287 g/mol. The molecule has 0 heterocycles. The number of nitrogens with zero attached hydrogens (tertiary/aromatic N) is 2. The van der Waals surface area contributed by atoms with Crippen LogP contribution in [0.4, 0.5) is 10.1 Å². The average Bonchev–Trinajstić information content (AvgIpc) is 2.43. The fourth-order valence-electron chi connectivity index (χ4n) is 1.51. The van der Waals surface area contributed by atoms with E-state index in [2.05, 4.69) is 4.74 Å². The number of halogens is 1. The maximum atomic E-state index is 13.6. The van der Waals surface area contributed by atoms with Gasteiger partial charge in [-0.2, -0.15) is 12.7 Å². The number of para-hydroxylation sites is 1. The molecule has 0 N–H and O–H groups in total. The minimum atomic E-state index is -3.90. The topological polar surface area (TPSA) is 66.9 Å². The predicted octanol–water partition coefficient (Wildman–Crippen LogP) is 1.00. The standard InChI is InChI=1S/C12H17FN2O4S/c1-14(9-8-12(16)19-3)20(17,18)15(2)11-7-5-4-6-10(11)13/h4-7H,8-9H2,1-3H3. The minimum Gasteiger partial charge on any atom is -0.469 e. The van der Waals surface area contributed by atoms with Gasteiger partial charge in [0.1, 0.15) is 5.82 Å². The molecule has 0 atom stereocenters. The molecule has 0 spiro atoms. The zero-order valence-electron chi connectivity index (χ0n) is 11.5. The van der Waals surface area contributed by atoms with Crippen LogP contribution in [0, 0.1) is 5.82 Å². The molecule has 0 amide bonds. The Balaban J connectivity index is 2.87. The Morgan fingerprint density at radius 1 is 1.30 bits per heavy atom. The summed E-state index contributed by atoms with van der Waals surface area (Å²) in [4.78, 5) is 11.0. The Morgan fingerprint density at radius 3 is 2.45 bits per heavy atom. The molecule has 6 nitrogen and oxygen atoms in total. The highest BCUT2D eigenvalue weighted by Gasteiger charge is 2.26. The molecule has 0 bridgehead atoms. The van der Waals surface area contributed by atoms with Crippen LogP contribution in [0.1, 0.15) is 6.42 Å². The van der Waals surface area contributed by atoms with Gasteiger partial charge in [-0.3, -0.25) is 9.10 Å². The monoisotopic (exact) mass is 304 g/mol.